The van der Waals surface area contributed by atoms with Gasteiger partial charge in [-0.2, -0.15) is 10.5 Å². The molecule has 12 heteroatoms. The van der Waals surface area contributed by atoms with Crippen LogP contribution < -0.4 is 20.4 Å². The Morgan fingerprint density at radius 2 is 1.67 bits per heavy atom. The summed E-state index contributed by atoms with van der Waals surface area (Å²) < 4.78 is 5.21. The lowest BCUT2D eigenvalue weighted by Gasteiger charge is -2.34. The molecular weight excluding hydrogens is 612 g/mol. The fourth-order valence-electron chi connectivity index (χ4n) is 5.64. The van der Waals surface area contributed by atoms with Crippen molar-refractivity contribution >= 4 is 29.5 Å². The Morgan fingerprint density at radius 1 is 1.02 bits per heavy atom. The first-order valence-electron chi connectivity index (χ1n) is 14.9. The van der Waals surface area contributed by atoms with Crippen LogP contribution in [0.1, 0.15) is 36.5 Å². The molecule has 0 saturated carbocycles. The molecule has 1 aliphatic heterocycles. The minimum atomic E-state index is -0.562. The number of ether oxygens (including phenoxy) is 1. The Kier molecular flexibility index (Phi) is 11.7. The van der Waals surface area contributed by atoms with E-state index in [4.69, 9.17) is 24.8 Å². The summed E-state index contributed by atoms with van der Waals surface area (Å²) >= 11 is 0. The molecule has 48 heavy (non-hydrogen) atoms. The third kappa shape index (κ3) is 7.70. The van der Waals surface area contributed by atoms with Crippen LogP contribution in [0.15, 0.2) is 79.0 Å². The molecule has 0 atom stereocenters. The largest absolute Gasteiger partial charge is 0.504 e. The average molecular weight is 647 g/mol. The number of phenols is 1. The molecular formula is C36H34N6O6. The number of carboxylic acid groups (broad SMARTS) is 1. The molecule has 3 aromatic carbocycles. The van der Waals surface area contributed by atoms with E-state index in [9.17, 15) is 20.4 Å². The van der Waals surface area contributed by atoms with Crippen LogP contribution >= 0.6 is 0 Å². The molecule has 1 saturated heterocycles. The number of aromatic hydroxyl groups is 1. The van der Waals surface area contributed by atoms with Gasteiger partial charge in [0, 0.05) is 47.7 Å². The monoisotopic (exact) mass is 646 g/mol. The number of hydroxylamine groups is 1. The second-order valence-corrected chi connectivity index (χ2v) is 10.7. The molecule has 0 aliphatic carbocycles. The smallest absolute Gasteiger partial charge is 0.290 e. The van der Waals surface area contributed by atoms with E-state index in [-0.39, 0.29) is 18.3 Å². The number of hydrogen-bond acceptors (Lipinski definition) is 10. The molecule has 0 radical (unpaired) electrons. The second-order valence-electron chi connectivity index (χ2n) is 10.7. The first kappa shape index (κ1) is 34.5. The van der Waals surface area contributed by atoms with Crippen molar-refractivity contribution in [3.8, 4) is 45.9 Å². The van der Waals surface area contributed by atoms with E-state index in [0.717, 1.165) is 24.1 Å². The zero-order valence-corrected chi connectivity index (χ0v) is 26.3. The summed E-state index contributed by atoms with van der Waals surface area (Å²) in [5, 5.41) is 49.7. The van der Waals surface area contributed by atoms with Crippen molar-refractivity contribution in [2.24, 2.45) is 0 Å². The highest BCUT2D eigenvalue weighted by molar-refractivity contribution is 6.19. The number of aromatic nitrogens is 1. The van der Waals surface area contributed by atoms with E-state index < -0.39 is 5.91 Å². The van der Waals surface area contributed by atoms with Crippen molar-refractivity contribution in [1.29, 1.82) is 10.5 Å². The zero-order valence-electron chi connectivity index (χ0n) is 26.3. The van der Waals surface area contributed by atoms with Gasteiger partial charge < -0.3 is 25.2 Å². The van der Waals surface area contributed by atoms with Crippen molar-refractivity contribution in [3.05, 3.63) is 95.7 Å². The van der Waals surface area contributed by atoms with Crippen molar-refractivity contribution in [3.63, 3.8) is 0 Å². The highest BCUT2D eigenvalue weighted by Crippen LogP contribution is 2.41. The number of amides is 1. The summed E-state index contributed by atoms with van der Waals surface area (Å²) in [7, 11) is 1.48. The number of methoxy groups -OCH3 is 1. The number of piperidine rings is 1. The summed E-state index contributed by atoms with van der Waals surface area (Å²) in [6.07, 6.45) is 4.99. The summed E-state index contributed by atoms with van der Waals surface area (Å²) in [5.41, 5.74) is 7.40. The number of carbonyl (C=O) groups is 2. The molecule has 5 N–H and O–H groups in total. The van der Waals surface area contributed by atoms with E-state index >= 15 is 0 Å². The molecule has 2 heterocycles. The topological polar surface area (TPSA) is 192 Å². The SMILES string of the molecule is CC=C(C(=O)NO)c1ccc(NC2CCN(c3ncc(-c4ccc(OC)c(O)c4)c(-c4ccc(C#N)cc4)c3C#N)CC2)cc1.O=CO. The maximum Gasteiger partial charge on any atom is 0.290 e. The van der Waals surface area contributed by atoms with Crippen LogP contribution in [-0.4, -0.2) is 59.0 Å². The summed E-state index contributed by atoms with van der Waals surface area (Å²) in [5.74, 6) is 0.342. The van der Waals surface area contributed by atoms with Gasteiger partial charge in [0.25, 0.3) is 12.4 Å². The van der Waals surface area contributed by atoms with E-state index in [0.29, 0.717) is 63.6 Å². The molecule has 1 aliphatic rings. The second kappa shape index (κ2) is 16.3. The van der Waals surface area contributed by atoms with Crippen LogP contribution in [0.2, 0.25) is 0 Å². The quantitative estimate of drug-likeness (QED) is 0.0696. The molecule has 1 aromatic heterocycles. The van der Waals surface area contributed by atoms with E-state index in [1.165, 1.54) is 7.11 Å². The van der Waals surface area contributed by atoms with Gasteiger partial charge in [0.2, 0.25) is 0 Å². The fourth-order valence-corrected chi connectivity index (χ4v) is 5.64. The lowest BCUT2D eigenvalue weighted by molar-refractivity contribution is -0.123. The number of carbonyl (C=O) groups excluding carboxylic acids is 1. The van der Waals surface area contributed by atoms with Gasteiger partial charge in [0.05, 0.1) is 18.7 Å². The van der Waals surface area contributed by atoms with E-state index in [1.807, 2.05) is 42.5 Å². The fraction of sp³-hybridized carbons (Fsp3) is 0.194. The summed E-state index contributed by atoms with van der Waals surface area (Å²) in [4.78, 5) is 27.1. The lowest BCUT2D eigenvalue weighted by Crippen LogP contribution is -2.40. The van der Waals surface area contributed by atoms with Crippen LogP contribution in [0.25, 0.3) is 27.8 Å². The number of nitrogens with one attached hydrogen (secondary N) is 2. The molecule has 12 nitrogen and oxygen atoms in total. The molecule has 5 rings (SSSR count). The number of hydrogen-bond donors (Lipinski definition) is 5. The number of phenolic OH excluding ortho intramolecular Hbond substituents is 1. The Bertz CT molecular complexity index is 1870. The number of rotatable bonds is 8. The highest BCUT2D eigenvalue weighted by Gasteiger charge is 2.26. The van der Waals surface area contributed by atoms with Crippen molar-refractivity contribution in [2.75, 3.05) is 30.4 Å². The Labute approximate surface area is 277 Å². The molecule has 0 bridgehead atoms. The molecule has 4 aromatic rings. The van der Waals surface area contributed by atoms with Crippen LogP contribution in [-0.2, 0) is 9.59 Å². The van der Waals surface area contributed by atoms with Gasteiger partial charge >= 0.3 is 0 Å². The maximum atomic E-state index is 11.9. The number of benzene rings is 3. The van der Waals surface area contributed by atoms with Crippen molar-refractivity contribution in [1.82, 2.24) is 10.5 Å². The normalized spacial score (nSPS) is 12.9. The molecule has 244 valence electrons. The van der Waals surface area contributed by atoms with Gasteiger partial charge in [-0.05, 0) is 72.9 Å². The number of nitrogens with zero attached hydrogens (tertiary/aromatic N) is 4. The van der Waals surface area contributed by atoms with E-state index in [2.05, 4.69) is 22.4 Å². The van der Waals surface area contributed by atoms with Gasteiger partial charge in [-0.1, -0.05) is 36.4 Å². The Hall–Kier alpha value is -6.37. The number of nitriles is 2. The number of allylic oxidation sites excluding steroid dienone is 1. The first-order valence-corrected chi connectivity index (χ1v) is 14.9. The highest BCUT2D eigenvalue weighted by atomic mass is 16.5. The van der Waals surface area contributed by atoms with Crippen molar-refractivity contribution < 1.29 is 29.7 Å². The van der Waals surface area contributed by atoms with Gasteiger partial charge in [-0.25, -0.2) is 10.5 Å². The van der Waals surface area contributed by atoms with Crippen LogP contribution in [0.5, 0.6) is 11.5 Å². The third-order valence-corrected chi connectivity index (χ3v) is 7.96. The van der Waals surface area contributed by atoms with Gasteiger partial charge in [0.15, 0.2) is 11.5 Å². The van der Waals surface area contributed by atoms with Crippen LogP contribution in [0, 0.1) is 22.7 Å². The summed E-state index contributed by atoms with van der Waals surface area (Å²) in [6.45, 7) is 2.83. The standard InChI is InChI=1S/C35H32N6O4.CH2O2/c1-3-28(35(43)40-44)23-8-11-26(12-9-23)39-27-14-16-41(17-15-27)34-29(20-37)33(24-6-4-22(19-36)5-7-24)30(21-38-34)25-10-13-32(45-2)31(42)18-25;2-1-3/h3-13,18,21,27,39,42,44H,14-17H2,1-2H3,(H,40,43);1H,(H,2,3). The van der Waals surface area contributed by atoms with Crippen LogP contribution in [0.4, 0.5) is 11.5 Å². The molecule has 0 spiro atoms. The maximum absolute atomic E-state index is 11.9. The third-order valence-electron chi connectivity index (χ3n) is 7.96. The number of pyridine rings is 1. The molecule has 1 amide bonds. The predicted molar refractivity (Wildman–Crippen MR) is 180 cm³/mol. The average Bonchev–Trinajstić information content (AvgIpc) is 3.12. The Morgan fingerprint density at radius 3 is 2.21 bits per heavy atom. The number of anilines is 2. The van der Waals surface area contributed by atoms with Gasteiger partial charge in [-0.3, -0.25) is 14.8 Å². The van der Waals surface area contributed by atoms with Gasteiger partial charge in [-0.15, -0.1) is 0 Å². The minimum Gasteiger partial charge on any atom is -0.504 e. The predicted octanol–water partition coefficient (Wildman–Crippen LogP) is 5.56. The molecule has 1 fully saturated rings. The zero-order chi connectivity index (χ0) is 34.6. The minimum absolute atomic E-state index is 0.0227. The van der Waals surface area contributed by atoms with Crippen molar-refractivity contribution in [2.45, 2.75) is 25.8 Å². The lowest BCUT2D eigenvalue weighted by atomic mass is 9.91. The molecule has 0 unspecified atom stereocenters. The van der Waals surface area contributed by atoms with E-state index in [1.54, 1.807) is 48.9 Å². The first-order chi connectivity index (χ1) is 23.3. The Balaban J connectivity index is 0.00000167. The van der Waals surface area contributed by atoms with Gasteiger partial charge in [0.1, 0.15) is 17.5 Å². The van der Waals surface area contributed by atoms with Crippen LogP contribution in [0.3, 0.4) is 0 Å². The summed E-state index contributed by atoms with van der Waals surface area (Å²) in [6, 6.07) is 24.4.